The number of carboxylic acid groups (broad SMARTS) is 1. The molecule has 190 valence electrons. The second-order valence-corrected chi connectivity index (χ2v) is 11.0. The van der Waals surface area contributed by atoms with E-state index in [1.807, 2.05) is 6.08 Å². The minimum atomic E-state index is -0.946. The molecule has 1 aliphatic heterocycles. The lowest BCUT2D eigenvalue weighted by atomic mass is 9.83. The molecule has 1 fully saturated rings. The van der Waals surface area contributed by atoms with E-state index in [0.29, 0.717) is 5.92 Å². The molecule has 0 amide bonds. The second kappa shape index (κ2) is 11.3. The van der Waals surface area contributed by atoms with Crippen LogP contribution in [-0.2, 0) is 5.41 Å². The first-order valence-electron chi connectivity index (χ1n) is 12.5. The summed E-state index contributed by atoms with van der Waals surface area (Å²) < 4.78 is 0. The number of nitrogens with zero attached hydrogens (tertiary/aromatic N) is 2. The van der Waals surface area contributed by atoms with Crippen molar-refractivity contribution in [3.8, 4) is 0 Å². The number of carboxylic acids is 1. The van der Waals surface area contributed by atoms with Gasteiger partial charge in [-0.3, -0.25) is 0 Å². The molecule has 6 heteroatoms. The van der Waals surface area contributed by atoms with Crippen molar-refractivity contribution >= 4 is 23.4 Å². The Hall–Kier alpha value is -2.83. The number of likely N-dealkylation sites (N-methyl/N-ethyl adjacent to an activating group) is 1. The molecule has 0 aliphatic carbocycles. The summed E-state index contributed by atoms with van der Waals surface area (Å²) in [7, 11) is 2.16. The van der Waals surface area contributed by atoms with Crippen LogP contribution in [0.15, 0.2) is 42.5 Å². The predicted molar refractivity (Wildman–Crippen MR) is 146 cm³/mol. The number of aromatic carboxylic acids is 1. The van der Waals surface area contributed by atoms with Crippen LogP contribution in [0.3, 0.4) is 0 Å². The van der Waals surface area contributed by atoms with Crippen molar-refractivity contribution in [3.05, 3.63) is 64.7 Å². The first-order valence-corrected chi connectivity index (χ1v) is 12.5. The summed E-state index contributed by atoms with van der Waals surface area (Å²) in [5.41, 5.74) is 5.37. The fraction of sp³-hybridized carbons (Fsp3) is 0.483. The van der Waals surface area contributed by atoms with E-state index in [0.717, 1.165) is 49.5 Å². The molecule has 3 N–H and O–H groups in total. The van der Waals surface area contributed by atoms with Gasteiger partial charge in [-0.15, -0.1) is 0 Å². The van der Waals surface area contributed by atoms with Crippen molar-refractivity contribution in [3.63, 3.8) is 0 Å². The van der Waals surface area contributed by atoms with Crippen LogP contribution >= 0.6 is 0 Å². The highest BCUT2D eigenvalue weighted by Crippen LogP contribution is 2.40. The van der Waals surface area contributed by atoms with Gasteiger partial charge in [-0.1, -0.05) is 65.0 Å². The topological polar surface area (TPSA) is 76.0 Å². The first kappa shape index (κ1) is 26.8. The fourth-order valence-electron chi connectivity index (χ4n) is 4.25. The van der Waals surface area contributed by atoms with Gasteiger partial charge in [0.05, 0.1) is 23.0 Å². The van der Waals surface area contributed by atoms with E-state index >= 15 is 0 Å². The van der Waals surface area contributed by atoms with Crippen LogP contribution in [0.5, 0.6) is 0 Å². The summed E-state index contributed by atoms with van der Waals surface area (Å²) in [6, 6.07) is 10.9. The third kappa shape index (κ3) is 7.09. The van der Waals surface area contributed by atoms with E-state index in [1.54, 1.807) is 30.3 Å². The summed E-state index contributed by atoms with van der Waals surface area (Å²) in [6.45, 7) is 15.9. The van der Waals surface area contributed by atoms with Crippen LogP contribution < -0.4 is 10.2 Å². The summed E-state index contributed by atoms with van der Waals surface area (Å²) >= 11 is 0. The molecule has 35 heavy (non-hydrogen) atoms. The van der Waals surface area contributed by atoms with Gasteiger partial charge in [-0.25, -0.2) is 4.79 Å². The van der Waals surface area contributed by atoms with Gasteiger partial charge in [-0.2, -0.15) is 0 Å². The Bertz CT molecular complexity index is 1030. The van der Waals surface area contributed by atoms with Gasteiger partial charge in [0.1, 0.15) is 0 Å². The van der Waals surface area contributed by atoms with Crippen molar-refractivity contribution in [1.29, 1.82) is 0 Å². The Morgan fingerprint density at radius 3 is 2.26 bits per heavy atom. The van der Waals surface area contributed by atoms with E-state index in [4.69, 9.17) is 5.11 Å². The van der Waals surface area contributed by atoms with Gasteiger partial charge in [0.25, 0.3) is 0 Å². The van der Waals surface area contributed by atoms with Crippen LogP contribution in [0.2, 0.25) is 0 Å². The molecule has 0 bridgehead atoms. The van der Waals surface area contributed by atoms with E-state index < -0.39 is 12.1 Å². The molecule has 1 aliphatic rings. The molecule has 1 heterocycles. The molecule has 2 aromatic rings. The Labute approximate surface area is 210 Å². The minimum absolute atomic E-state index is 0.104. The van der Waals surface area contributed by atoms with Crippen molar-refractivity contribution < 1.29 is 15.0 Å². The van der Waals surface area contributed by atoms with E-state index in [1.165, 1.54) is 11.3 Å². The Morgan fingerprint density at radius 1 is 1.09 bits per heavy atom. The zero-order valence-corrected chi connectivity index (χ0v) is 22.0. The van der Waals surface area contributed by atoms with Crippen molar-refractivity contribution in [2.24, 2.45) is 5.92 Å². The number of carbonyl (C=O) groups is 1. The monoisotopic (exact) mass is 479 g/mol. The fourth-order valence-corrected chi connectivity index (χ4v) is 4.25. The summed E-state index contributed by atoms with van der Waals surface area (Å²) in [4.78, 5) is 15.9. The summed E-state index contributed by atoms with van der Waals surface area (Å²) in [6.07, 6.45) is 2.83. The highest BCUT2D eigenvalue weighted by molar-refractivity contribution is 5.87. The first-order chi connectivity index (χ1) is 16.5. The van der Waals surface area contributed by atoms with E-state index in [-0.39, 0.29) is 11.0 Å². The average molecular weight is 480 g/mol. The molecular weight excluding hydrogens is 438 g/mol. The standard InChI is InChI=1S/C29H41N3O3/c1-20(2)19-30-27-24(29(3,4)5)17-23(18-25(27)32-15-13-31(6)14-16-32)26(33)12-9-21-7-10-22(11-8-21)28(34)35/h7-12,17-18,20,26,30,33H,13-16,19H2,1-6H3,(H,34,35). The largest absolute Gasteiger partial charge is 0.478 e. The number of aliphatic hydroxyl groups is 1. The molecule has 0 spiro atoms. The van der Waals surface area contributed by atoms with Crippen LogP contribution in [0.1, 0.15) is 67.8 Å². The highest BCUT2D eigenvalue weighted by atomic mass is 16.4. The van der Waals surface area contributed by atoms with Gasteiger partial charge in [0, 0.05) is 32.7 Å². The number of piperazine rings is 1. The highest BCUT2D eigenvalue weighted by Gasteiger charge is 2.26. The maximum absolute atomic E-state index is 11.2. The normalized spacial score (nSPS) is 16.2. The summed E-state index contributed by atoms with van der Waals surface area (Å²) in [5, 5.41) is 24.0. The Balaban J connectivity index is 1.99. The maximum Gasteiger partial charge on any atom is 0.335 e. The van der Waals surface area contributed by atoms with Crippen LogP contribution in [0.25, 0.3) is 6.08 Å². The zero-order chi connectivity index (χ0) is 25.8. The number of rotatable bonds is 8. The van der Waals surface area contributed by atoms with Crippen molar-refractivity contribution in [2.75, 3.05) is 50.0 Å². The lowest BCUT2D eigenvalue weighted by Gasteiger charge is -2.37. The average Bonchev–Trinajstić information content (AvgIpc) is 2.80. The summed E-state index contributed by atoms with van der Waals surface area (Å²) in [5.74, 6) is -0.429. The molecule has 1 atom stereocenters. The molecule has 0 radical (unpaired) electrons. The van der Waals surface area contributed by atoms with Gasteiger partial charge >= 0.3 is 5.97 Å². The van der Waals surface area contributed by atoms with Crippen LogP contribution in [0.4, 0.5) is 11.4 Å². The number of aliphatic hydroxyl groups excluding tert-OH is 1. The van der Waals surface area contributed by atoms with E-state index in [2.05, 4.69) is 68.9 Å². The van der Waals surface area contributed by atoms with Crippen LogP contribution in [-0.4, -0.2) is 60.9 Å². The minimum Gasteiger partial charge on any atom is -0.478 e. The van der Waals surface area contributed by atoms with Gasteiger partial charge in [0.15, 0.2) is 0 Å². The van der Waals surface area contributed by atoms with Gasteiger partial charge < -0.3 is 25.3 Å². The molecule has 1 saturated heterocycles. The molecule has 3 rings (SSSR count). The third-order valence-electron chi connectivity index (χ3n) is 6.45. The van der Waals surface area contributed by atoms with Crippen molar-refractivity contribution in [2.45, 2.75) is 46.1 Å². The van der Waals surface area contributed by atoms with Crippen molar-refractivity contribution in [1.82, 2.24) is 4.90 Å². The number of anilines is 2. The van der Waals surface area contributed by atoms with Gasteiger partial charge in [-0.05, 0) is 53.3 Å². The number of hydrogen-bond donors (Lipinski definition) is 3. The molecular formula is C29H41N3O3. The Kier molecular flexibility index (Phi) is 8.62. The molecule has 2 aromatic carbocycles. The lowest BCUT2D eigenvalue weighted by Crippen LogP contribution is -2.45. The molecule has 0 aromatic heterocycles. The van der Waals surface area contributed by atoms with E-state index in [9.17, 15) is 9.90 Å². The SMILES string of the molecule is CC(C)CNc1c(N2CCN(C)CC2)cc(C(O)C=Cc2ccc(C(=O)O)cc2)cc1C(C)(C)C. The predicted octanol–water partition coefficient (Wildman–Crippen LogP) is 5.25. The number of nitrogens with one attached hydrogen (secondary N) is 1. The Morgan fingerprint density at radius 2 is 1.71 bits per heavy atom. The number of benzene rings is 2. The maximum atomic E-state index is 11.2. The quantitative estimate of drug-likeness (QED) is 0.480. The zero-order valence-electron chi connectivity index (χ0n) is 22.0. The van der Waals surface area contributed by atoms with Crippen LogP contribution in [0, 0.1) is 5.92 Å². The molecule has 0 saturated carbocycles. The second-order valence-electron chi connectivity index (χ2n) is 11.0. The molecule has 1 unspecified atom stereocenters. The third-order valence-corrected chi connectivity index (χ3v) is 6.45. The number of hydrogen-bond acceptors (Lipinski definition) is 5. The lowest BCUT2D eigenvalue weighted by molar-refractivity contribution is 0.0697. The smallest absolute Gasteiger partial charge is 0.335 e. The molecule has 6 nitrogen and oxygen atoms in total. The van der Waals surface area contributed by atoms with Gasteiger partial charge in [0.2, 0.25) is 0 Å².